The number of methoxy groups -OCH3 is 1. The predicted octanol–water partition coefficient (Wildman–Crippen LogP) is -2.07. The van der Waals surface area contributed by atoms with Crippen molar-refractivity contribution in [3.05, 3.63) is 0 Å². The number of carbonyl (C=O) groups excluding carboxylic acids is 1. The van der Waals surface area contributed by atoms with Crippen LogP contribution in [-0.2, 0) is 14.9 Å². The first kappa shape index (κ1) is 11.9. The molecule has 0 rings (SSSR count). The molecule has 1 amide bonds. The quantitative estimate of drug-likeness (QED) is 0.323. The lowest BCUT2D eigenvalue weighted by molar-refractivity contribution is 0.177. The molecular weight excluding hydrogens is 220 g/mol. The highest BCUT2D eigenvalue weighted by molar-refractivity contribution is 7.88. The van der Waals surface area contributed by atoms with Crippen molar-refractivity contribution in [1.82, 2.24) is 15.0 Å². The summed E-state index contributed by atoms with van der Waals surface area (Å²) in [5, 5.41) is -0.282. The Morgan fingerprint density at radius 1 is 1.54 bits per heavy atom. The molecule has 76 valence electrons. The molecule has 0 saturated carbocycles. The van der Waals surface area contributed by atoms with Gasteiger partial charge in [0.25, 0.3) is 0 Å². The molecule has 0 aliphatic rings. The van der Waals surface area contributed by atoms with E-state index < -0.39 is 16.3 Å². The van der Waals surface area contributed by atoms with Gasteiger partial charge in [-0.2, -0.15) is 8.42 Å². The van der Waals surface area contributed by atoms with Crippen LogP contribution >= 0.6 is 12.2 Å². The number of nitrogens with one attached hydrogen (secondary N) is 3. The first-order valence-corrected chi connectivity index (χ1v) is 4.69. The molecule has 0 fully saturated rings. The zero-order chi connectivity index (χ0) is 10.5. The van der Waals surface area contributed by atoms with Crippen molar-refractivity contribution < 1.29 is 17.9 Å². The lowest BCUT2D eigenvalue weighted by atomic mass is 11.2. The Hall–Kier alpha value is -1.13. The molecule has 13 heavy (non-hydrogen) atoms. The van der Waals surface area contributed by atoms with E-state index in [1.54, 1.807) is 4.83 Å². The average Bonchev–Trinajstić information content (AvgIpc) is 2.00. The van der Waals surface area contributed by atoms with Crippen molar-refractivity contribution in [2.75, 3.05) is 7.11 Å². The number of nitrogens with two attached hydrogens (primary N) is 1. The summed E-state index contributed by atoms with van der Waals surface area (Å²) in [5.74, 6) is 0. The fraction of sp³-hybridized carbons (Fsp3) is 0.333. The van der Waals surface area contributed by atoms with Gasteiger partial charge in [0.05, 0.1) is 7.11 Å². The van der Waals surface area contributed by atoms with Crippen LogP contribution in [0, 0.1) is 0 Å². The molecule has 0 spiro atoms. The van der Waals surface area contributed by atoms with E-state index in [9.17, 15) is 13.2 Å². The number of thiocarbonyl (C=S) groups is 1. The van der Waals surface area contributed by atoms with Gasteiger partial charge >= 0.3 is 16.3 Å². The Morgan fingerprint density at radius 2 is 2.08 bits per heavy atom. The van der Waals surface area contributed by atoms with Gasteiger partial charge in [0.2, 0.25) is 0 Å². The van der Waals surface area contributed by atoms with Gasteiger partial charge in [-0.3, -0.25) is 5.43 Å². The summed E-state index contributed by atoms with van der Waals surface area (Å²) in [6.45, 7) is 0. The van der Waals surface area contributed by atoms with Gasteiger partial charge in [-0.15, -0.1) is 4.83 Å². The van der Waals surface area contributed by atoms with Crippen molar-refractivity contribution in [1.29, 1.82) is 0 Å². The van der Waals surface area contributed by atoms with Crippen LogP contribution in [0.15, 0.2) is 0 Å². The van der Waals surface area contributed by atoms with Crippen molar-refractivity contribution in [2.24, 2.45) is 5.73 Å². The summed E-state index contributed by atoms with van der Waals surface area (Å²) in [6, 6.07) is 0. The van der Waals surface area contributed by atoms with Crippen LogP contribution in [0.1, 0.15) is 0 Å². The van der Waals surface area contributed by atoms with E-state index in [4.69, 9.17) is 5.73 Å². The summed E-state index contributed by atoms with van der Waals surface area (Å²) < 4.78 is 27.1. The van der Waals surface area contributed by atoms with E-state index in [1.165, 1.54) is 4.72 Å². The molecule has 0 atom stereocenters. The third kappa shape index (κ3) is 6.07. The van der Waals surface area contributed by atoms with Gasteiger partial charge in [0.1, 0.15) is 0 Å². The molecule has 10 heteroatoms. The Morgan fingerprint density at radius 3 is 2.46 bits per heavy atom. The normalized spacial score (nSPS) is 10.2. The summed E-state index contributed by atoms with van der Waals surface area (Å²) in [4.78, 5) is 12.1. The zero-order valence-corrected chi connectivity index (χ0v) is 8.16. The minimum absolute atomic E-state index is 0.282. The fourth-order valence-corrected chi connectivity index (χ4v) is 1.01. The Balaban J connectivity index is 4.10. The van der Waals surface area contributed by atoms with Crippen LogP contribution in [0.4, 0.5) is 4.79 Å². The van der Waals surface area contributed by atoms with Crippen molar-refractivity contribution in [3.63, 3.8) is 0 Å². The average molecular weight is 228 g/mol. The van der Waals surface area contributed by atoms with E-state index in [-0.39, 0.29) is 5.11 Å². The van der Waals surface area contributed by atoms with Crippen molar-refractivity contribution >= 4 is 33.6 Å². The summed E-state index contributed by atoms with van der Waals surface area (Å²) in [5.41, 5.74) is 6.83. The number of amides is 1. The molecule has 0 radical (unpaired) electrons. The van der Waals surface area contributed by atoms with Crippen molar-refractivity contribution in [3.8, 4) is 0 Å². The number of hydrogen-bond donors (Lipinski definition) is 4. The molecule has 0 aliphatic heterocycles. The standard InChI is InChI=1S/C3H8N4O4S2/c1-11-3(8)6-13(9,10)7-5-2(4)12/h7H,1H3,(H,6,8)(H3,4,5,12). The fourth-order valence-electron chi connectivity index (χ4n) is 0.294. The van der Waals surface area contributed by atoms with Gasteiger partial charge in [-0.1, -0.05) is 0 Å². The maximum absolute atomic E-state index is 10.8. The first-order chi connectivity index (χ1) is 5.87. The second kappa shape index (κ2) is 4.79. The number of hydrazine groups is 1. The summed E-state index contributed by atoms with van der Waals surface area (Å²) in [7, 11) is -3.02. The zero-order valence-electron chi connectivity index (χ0n) is 6.53. The van der Waals surface area contributed by atoms with Crippen LogP contribution in [0.2, 0.25) is 0 Å². The highest BCUT2D eigenvalue weighted by atomic mass is 32.2. The molecule has 0 heterocycles. The monoisotopic (exact) mass is 228 g/mol. The number of carbonyl (C=O) groups is 1. The second-order valence-electron chi connectivity index (χ2n) is 1.69. The topological polar surface area (TPSA) is 123 Å². The maximum Gasteiger partial charge on any atom is 0.421 e. The molecular formula is C3H8N4O4S2. The Kier molecular flexibility index (Phi) is 4.37. The minimum Gasteiger partial charge on any atom is -0.452 e. The van der Waals surface area contributed by atoms with Crippen LogP contribution in [-0.4, -0.2) is 26.7 Å². The number of hydrogen-bond acceptors (Lipinski definition) is 5. The van der Waals surface area contributed by atoms with Crippen LogP contribution in [0.5, 0.6) is 0 Å². The molecule has 0 aliphatic carbocycles. The number of ether oxygens (including phenoxy) is 1. The van der Waals surface area contributed by atoms with Crippen molar-refractivity contribution in [2.45, 2.75) is 0 Å². The molecule has 0 saturated heterocycles. The minimum atomic E-state index is -4.04. The highest BCUT2D eigenvalue weighted by Gasteiger charge is 2.13. The number of rotatable bonds is 3. The molecule has 0 bridgehead atoms. The van der Waals surface area contributed by atoms with Crippen LogP contribution in [0.25, 0.3) is 0 Å². The van der Waals surface area contributed by atoms with Crippen LogP contribution in [0.3, 0.4) is 0 Å². The van der Waals surface area contributed by atoms with Gasteiger partial charge < -0.3 is 10.5 Å². The van der Waals surface area contributed by atoms with Gasteiger partial charge in [0.15, 0.2) is 5.11 Å². The summed E-state index contributed by atoms with van der Waals surface area (Å²) in [6.07, 6.45) is -1.13. The molecule has 5 N–H and O–H groups in total. The van der Waals surface area contributed by atoms with E-state index in [0.717, 1.165) is 7.11 Å². The Bertz CT molecular complexity index is 299. The largest absolute Gasteiger partial charge is 0.452 e. The first-order valence-electron chi connectivity index (χ1n) is 2.80. The molecule has 0 aromatic heterocycles. The van der Waals surface area contributed by atoms with E-state index in [0.29, 0.717) is 0 Å². The smallest absolute Gasteiger partial charge is 0.421 e. The Labute approximate surface area is 80.0 Å². The van der Waals surface area contributed by atoms with Crippen LogP contribution < -0.4 is 20.7 Å². The van der Waals surface area contributed by atoms with Gasteiger partial charge in [0, 0.05) is 0 Å². The van der Waals surface area contributed by atoms with E-state index >= 15 is 0 Å². The second-order valence-corrected chi connectivity index (χ2v) is 3.54. The SMILES string of the molecule is COC(=O)NS(=O)(=O)NNC(N)=S. The molecule has 8 nitrogen and oxygen atoms in total. The predicted molar refractivity (Wildman–Crippen MR) is 47.5 cm³/mol. The lowest BCUT2D eigenvalue weighted by Crippen LogP contribution is -2.50. The molecule has 0 unspecified atom stereocenters. The lowest BCUT2D eigenvalue weighted by Gasteiger charge is -2.07. The van der Waals surface area contributed by atoms with Gasteiger partial charge in [-0.25, -0.2) is 9.52 Å². The van der Waals surface area contributed by atoms with E-state index in [2.05, 4.69) is 17.0 Å². The third-order valence-electron chi connectivity index (χ3n) is 0.712. The molecule has 0 aromatic rings. The maximum atomic E-state index is 10.8. The third-order valence-corrected chi connectivity index (χ3v) is 1.62. The molecule has 0 aromatic carbocycles. The summed E-state index contributed by atoms with van der Waals surface area (Å²) >= 11 is 4.30. The van der Waals surface area contributed by atoms with Gasteiger partial charge in [-0.05, 0) is 12.2 Å². The highest BCUT2D eigenvalue weighted by Crippen LogP contribution is 1.77. The van der Waals surface area contributed by atoms with E-state index in [1.807, 2.05) is 5.43 Å².